The van der Waals surface area contributed by atoms with Gasteiger partial charge in [-0.2, -0.15) is 13.7 Å². The molecule has 7 nitrogen and oxygen atoms in total. The van der Waals surface area contributed by atoms with Crippen LogP contribution in [-0.4, -0.2) is 21.4 Å². The summed E-state index contributed by atoms with van der Waals surface area (Å²) in [6, 6.07) is 18.5. The minimum absolute atomic E-state index is 0.0718. The number of para-hydroxylation sites is 2. The normalized spacial score (nSPS) is 11.4. The average Bonchev–Trinajstić information content (AvgIpc) is 2.81. The average molecular weight is 503 g/mol. The fraction of sp³-hybridized carbons (Fsp3) is 0.0435. The van der Waals surface area contributed by atoms with Crippen LogP contribution in [0.1, 0.15) is 5.56 Å². The number of halogens is 2. The molecule has 3 aromatic carbocycles. The monoisotopic (exact) mass is 502 g/mol. The lowest BCUT2D eigenvalue weighted by Gasteiger charge is -2.14. The quantitative estimate of drug-likeness (QED) is 0.266. The van der Waals surface area contributed by atoms with Gasteiger partial charge < -0.3 is 14.2 Å². The van der Waals surface area contributed by atoms with Crippen LogP contribution < -0.4 is 14.2 Å². The van der Waals surface area contributed by atoms with E-state index in [1.54, 1.807) is 36.4 Å². The van der Waals surface area contributed by atoms with Crippen LogP contribution >= 0.6 is 23.2 Å². The van der Waals surface area contributed by atoms with E-state index in [0.29, 0.717) is 0 Å². The fourth-order valence-corrected chi connectivity index (χ4v) is 4.22. The summed E-state index contributed by atoms with van der Waals surface area (Å²) < 4.78 is 36.1. The molecule has 33 heavy (non-hydrogen) atoms. The van der Waals surface area contributed by atoms with Crippen molar-refractivity contribution in [3.8, 4) is 17.6 Å². The fourth-order valence-electron chi connectivity index (χ4n) is 2.74. The van der Waals surface area contributed by atoms with E-state index in [-0.39, 0.29) is 43.3 Å². The summed E-state index contributed by atoms with van der Waals surface area (Å²) in [6.45, 7) is 0. The molecule has 0 radical (unpaired) electrons. The highest BCUT2D eigenvalue weighted by molar-refractivity contribution is 7.87. The zero-order valence-electron chi connectivity index (χ0n) is 17.1. The summed E-state index contributed by atoms with van der Waals surface area (Å²) in [5.74, 6) is -0.887. The Morgan fingerprint density at radius 3 is 2.24 bits per heavy atom. The highest BCUT2D eigenvalue weighted by Gasteiger charge is 2.22. The molecule has 0 heterocycles. The van der Waals surface area contributed by atoms with Crippen LogP contribution in [-0.2, 0) is 14.9 Å². The molecule has 0 atom stereocenters. The number of carbonyl (C=O) groups is 1. The molecular weight excluding hydrogens is 487 g/mol. The Kier molecular flexibility index (Phi) is 7.61. The highest BCUT2D eigenvalue weighted by atomic mass is 35.5. The standard InChI is InChI=1S/C23H16Cl2N2O5S/c1-31-20-12-5-7-15(22(20)32-33(29,30)17-8-3-2-4-9-17)13-16(14-26)23(28)27-21-18(24)10-6-11-19(21)25/h2-13H,1H3,(H,27,28)/b16-13+. The predicted molar refractivity (Wildman–Crippen MR) is 126 cm³/mol. The Labute approximate surface area is 200 Å². The molecule has 168 valence electrons. The van der Waals surface area contributed by atoms with Gasteiger partial charge in [0.15, 0.2) is 11.5 Å². The zero-order valence-corrected chi connectivity index (χ0v) is 19.4. The molecule has 1 N–H and O–H groups in total. The Morgan fingerprint density at radius 1 is 1.00 bits per heavy atom. The molecule has 0 fully saturated rings. The number of ether oxygens (including phenoxy) is 1. The van der Waals surface area contributed by atoms with Crippen molar-refractivity contribution in [3.05, 3.63) is 87.9 Å². The Morgan fingerprint density at radius 2 is 1.64 bits per heavy atom. The molecule has 0 bridgehead atoms. The third kappa shape index (κ3) is 5.65. The van der Waals surface area contributed by atoms with Gasteiger partial charge in [0.25, 0.3) is 5.91 Å². The van der Waals surface area contributed by atoms with E-state index < -0.39 is 16.0 Å². The van der Waals surface area contributed by atoms with E-state index in [1.165, 1.54) is 49.6 Å². The number of methoxy groups -OCH3 is 1. The third-order valence-corrected chi connectivity index (χ3v) is 6.19. The number of carbonyl (C=O) groups excluding carboxylic acids is 1. The van der Waals surface area contributed by atoms with E-state index in [1.807, 2.05) is 0 Å². The van der Waals surface area contributed by atoms with Gasteiger partial charge in [-0.1, -0.05) is 59.6 Å². The maximum absolute atomic E-state index is 12.8. The maximum Gasteiger partial charge on any atom is 0.339 e. The van der Waals surface area contributed by atoms with Crippen molar-refractivity contribution < 1.29 is 22.1 Å². The van der Waals surface area contributed by atoms with Crippen molar-refractivity contribution in [2.75, 3.05) is 12.4 Å². The summed E-state index contributed by atoms with van der Waals surface area (Å²) in [6.07, 6.45) is 1.18. The number of hydrogen-bond donors (Lipinski definition) is 1. The number of nitrogens with zero attached hydrogens (tertiary/aromatic N) is 1. The first-order chi connectivity index (χ1) is 15.8. The van der Waals surface area contributed by atoms with Crippen LogP contribution in [0.5, 0.6) is 11.5 Å². The van der Waals surface area contributed by atoms with Crippen LogP contribution in [0, 0.1) is 11.3 Å². The number of anilines is 1. The summed E-state index contributed by atoms with van der Waals surface area (Å²) in [5.41, 5.74) is -0.0761. The Bertz CT molecular complexity index is 1350. The number of nitrogens with one attached hydrogen (secondary N) is 1. The molecule has 3 aromatic rings. The predicted octanol–water partition coefficient (Wildman–Crippen LogP) is 5.32. The van der Waals surface area contributed by atoms with Crippen molar-refractivity contribution in [1.29, 1.82) is 5.26 Å². The molecule has 0 spiro atoms. The third-order valence-electron chi connectivity index (χ3n) is 4.32. The molecule has 10 heteroatoms. The van der Waals surface area contributed by atoms with E-state index in [2.05, 4.69) is 5.32 Å². The van der Waals surface area contributed by atoms with Crippen molar-refractivity contribution in [2.24, 2.45) is 0 Å². The summed E-state index contributed by atoms with van der Waals surface area (Å²) in [4.78, 5) is 12.6. The van der Waals surface area contributed by atoms with Gasteiger partial charge in [0.05, 0.1) is 22.8 Å². The number of amides is 1. The molecular formula is C23H16Cl2N2O5S. The smallest absolute Gasteiger partial charge is 0.339 e. The van der Waals surface area contributed by atoms with Gasteiger partial charge in [0.2, 0.25) is 0 Å². The molecule has 0 aliphatic rings. The van der Waals surface area contributed by atoms with Crippen molar-refractivity contribution in [3.63, 3.8) is 0 Å². The first-order valence-corrected chi connectivity index (χ1v) is 11.5. The summed E-state index contributed by atoms with van der Waals surface area (Å²) >= 11 is 12.1. The van der Waals surface area contributed by atoms with Gasteiger partial charge in [0, 0.05) is 5.56 Å². The van der Waals surface area contributed by atoms with Gasteiger partial charge in [0.1, 0.15) is 16.5 Å². The molecule has 3 rings (SSSR count). The minimum Gasteiger partial charge on any atom is -0.493 e. The van der Waals surface area contributed by atoms with Gasteiger partial charge in [-0.25, -0.2) is 0 Å². The summed E-state index contributed by atoms with van der Waals surface area (Å²) in [7, 11) is -2.88. The SMILES string of the molecule is COc1cccc(/C=C(\C#N)C(=O)Nc2c(Cl)cccc2Cl)c1OS(=O)(=O)c1ccccc1. The zero-order chi connectivity index (χ0) is 24.0. The first kappa shape index (κ1) is 24.1. The van der Waals surface area contributed by atoms with Crippen LogP contribution in [0.25, 0.3) is 6.08 Å². The van der Waals surface area contributed by atoms with Gasteiger partial charge >= 0.3 is 10.1 Å². The number of nitriles is 1. The molecule has 0 aromatic heterocycles. The van der Waals surface area contributed by atoms with E-state index >= 15 is 0 Å². The molecule has 0 saturated heterocycles. The van der Waals surface area contributed by atoms with E-state index in [0.717, 1.165) is 0 Å². The van der Waals surface area contributed by atoms with Crippen LogP contribution in [0.4, 0.5) is 5.69 Å². The van der Waals surface area contributed by atoms with Crippen molar-refractivity contribution >= 4 is 51.0 Å². The van der Waals surface area contributed by atoms with Crippen molar-refractivity contribution in [2.45, 2.75) is 4.90 Å². The van der Waals surface area contributed by atoms with Gasteiger partial charge in [-0.15, -0.1) is 0 Å². The lowest BCUT2D eigenvalue weighted by atomic mass is 10.1. The molecule has 0 saturated carbocycles. The van der Waals surface area contributed by atoms with Crippen molar-refractivity contribution in [1.82, 2.24) is 0 Å². The molecule has 0 aliphatic heterocycles. The second-order valence-corrected chi connectivity index (χ2v) is 8.81. The number of hydrogen-bond acceptors (Lipinski definition) is 6. The van der Waals surface area contributed by atoms with Gasteiger partial charge in [-0.05, 0) is 36.4 Å². The second-order valence-electron chi connectivity index (χ2n) is 6.45. The molecule has 0 unspecified atom stereocenters. The first-order valence-electron chi connectivity index (χ1n) is 9.30. The minimum atomic E-state index is -4.22. The molecule has 0 aliphatic carbocycles. The maximum atomic E-state index is 12.8. The van der Waals surface area contributed by atoms with Crippen LogP contribution in [0.2, 0.25) is 10.0 Å². The van der Waals surface area contributed by atoms with Gasteiger partial charge in [-0.3, -0.25) is 4.79 Å². The van der Waals surface area contributed by atoms with Crippen LogP contribution in [0.15, 0.2) is 77.2 Å². The largest absolute Gasteiger partial charge is 0.493 e. The Balaban J connectivity index is 2.01. The molecule has 1 amide bonds. The Hall–Kier alpha value is -3.51. The number of benzene rings is 3. The topological polar surface area (TPSA) is 105 Å². The van der Waals surface area contributed by atoms with E-state index in [4.69, 9.17) is 32.1 Å². The van der Waals surface area contributed by atoms with E-state index in [9.17, 15) is 18.5 Å². The lowest BCUT2D eigenvalue weighted by molar-refractivity contribution is -0.112. The second kappa shape index (κ2) is 10.4. The lowest BCUT2D eigenvalue weighted by Crippen LogP contribution is -2.14. The van der Waals surface area contributed by atoms with Crippen LogP contribution in [0.3, 0.4) is 0 Å². The summed E-state index contributed by atoms with van der Waals surface area (Å²) in [5, 5.41) is 12.4. The highest BCUT2D eigenvalue weighted by Crippen LogP contribution is 2.35. The number of rotatable bonds is 7.